The minimum absolute atomic E-state index is 0.0937. The molecule has 2 rings (SSSR count). The number of unbranched alkanes of at least 4 members (excludes halogenated alkanes) is 2. The number of thioether (sulfide) groups is 1. The van der Waals surface area contributed by atoms with Crippen molar-refractivity contribution in [3.05, 3.63) is 35.9 Å². The van der Waals surface area contributed by atoms with Crippen molar-refractivity contribution in [1.82, 2.24) is 4.98 Å². The van der Waals surface area contributed by atoms with Crippen LogP contribution < -0.4 is 5.73 Å². The largest absolute Gasteiger partial charge is 0.384 e. The van der Waals surface area contributed by atoms with Gasteiger partial charge in [0.15, 0.2) is 0 Å². The molecule has 2 aromatic rings. The normalized spacial score (nSPS) is 10.8. The molecule has 4 heteroatoms. The topological polar surface area (TPSA) is 62.8 Å². The van der Waals surface area contributed by atoms with Crippen molar-refractivity contribution in [2.75, 3.05) is 5.75 Å². The molecule has 0 spiro atoms. The van der Waals surface area contributed by atoms with Gasteiger partial charge in [0.2, 0.25) is 0 Å². The van der Waals surface area contributed by atoms with Crippen LogP contribution in [-0.4, -0.2) is 16.6 Å². The van der Waals surface area contributed by atoms with Crippen LogP contribution in [-0.2, 0) is 0 Å². The van der Waals surface area contributed by atoms with Crippen molar-refractivity contribution in [1.29, 1.82) is 5.41 Å². The Morgan fingerprint density at radius 3 is 2.84 bits per heavy atom. The first-order chi connectivity index (χ1) is 9.22. The van der Waals surface area contributed by atoms with Gasteiger partial charge in [-0.1, -0.05) is 38.0 Å². The van der Waals surface area contributed by atoms with Crippen LogP contribution in [0.4, 0.5) is 0 Å². The molecule has 0 radical (unpaired) electrons. The predicted octanol–water partition coefficient (Wildman–Crippen LogP) is 3.80. The lowest BCUT2D eigenvalue weighted by Crippen LogP contribution is -2.13. The third-order valence-electron chi connectivity index (χ3n) is 2.97. The van der Waals surface area contributed by atoms with Crippen molar-refractivity contribution in [3.8, 4) is 0 Å². The van der Waals surface area contributed by atoms with Crippen molar-refractivity contribution in [2.24, 2.45) is 5.73 Å². The zero-order valence-electron chi connectivity index (χ0n) is 11.1. The third kappa shape index (κ3) is 3.47. The van der Waals surface area contributed by atoms with E-state index < -0.39 is 0 Å². The second-order valence-corrected chi connectivity index (χ2v) is 5.59. The standard InChI is InChI=1S/C15H19N3S/c1-2-3-6-9-19-15-12(14(16)17)10-11-7-4-5-8-13(11)18-15/h4-5,7-8,10H,2-3,6,9H2,1H3,(H3,16,17). The van der Waals surface area contributed by atoms with E-state index in [0.717, 1.165) is 27.2 Å². The number of nitrogens with one attached hydrogen (secondary N) is 1. The zero-order chi connectivity index (χ0) is 13.7. The van der Waals surface area contributed by atoms with E-state index in [9.17, 15) is 0 Å². The maximum absolute atomic E-state index is 7.69. The fourth-order valence-electron chi connectivity index (χ4n) is 1.92. The van der Waals surface area contributed by atoms with Gasteiger partial charge in [-0.2, -0.15) is 0 Å². The molecule has 100 valence electrons. The molecule has 0 saturated heterocycles. The van der Waals surface area contributed by atoms with Gasteiger partial charge in [-0.3, -0.25) is 5.41 Å². The molecule has 1 aromatic carbocycles. The number of aromatic nitrogens is 1. The Hall–Kier alpha value is -1.55. The second-order valence-electron chi connectivity index (χ2n) is 4.50. The molecule has 0 amide bonds. The molecule has 0 aliphatic rings. The van der Waals surface area contributed by atoms with Crippen LogP contribution in [0, 0.1) is 5.41 Å². The maximum Gasteiger partial charge on any atom is 0.125 e. The summed E-state index contributed by atoms with van der Waals surface area (Å²) in [5.74, 6) is 1.12. The van der Waals surface area contributed by atoms with E-state index >= 15 is 0 Å². The van der Waals surface area contributed by atoms with Crippen LogP contribution in [0.1, 0.15) is 31.7 Å². The Morgan fingerprint density at radius 2 is 2.11 bits per heavy atom. The van der Waals surface area contributed by atoms with Gasteiger partial charge >= 0.3 is 0 Å². The van der Waals surface area contributed by atoms with Gasteiger partial charge in [0, 0.05) is 10.9 Å². The van der Waals surface area contributed by atoms with Crippen LogP contribution in [0.3, 0.4) is 0 Å². The zero-order valence-corrected chi connectivity index (χ0v) is 12.0. The summed E-state index contributed by atoms with van der Waals surface area (Å²) >= 11 is 1.70. The Labute approximate surface area is 118 Å². The highest BCUT2D eigenvalue weighted by Crippen LogP contribution is 2.25. The molecule has 19 heavy (non-hydrogen) atoms. The van der Waals surface area contributed by atoms with Crippen molar-refractivity contribution in [2.45, 2.75) is 31.2 Å². The van der Waals surface area contributed by atoms with E-state index in [2.05, 4.69) is 11.9 Å². The van der Waals surface area contributed by atoms with E-state index in [-0.39, 0.29) is 5.84 Å². The lowest BCUT2D eigenvalue weighted by molar-refractivity contribution is 0.778. The van der Waals surface area contributed by atoms with Gasteiger partial charge in [-0.25, -0.2) is 4.98 Å². The molecule has 0 unspecified atom stereocenters. The molecule has 0 bridgehead atoms. The highest BCUT2D eigenvalue weighted by atomic mass is 32.2. The van der Waals surface area contributed by atoms with E-state index in [1.165, 1.54) is 19.3 Å². The quantitative estimate of drug-likeness (QED) is 0.364. The Bertz CT molecular complexity index is 581. The number of nitrogens with two attached hydrogens (primary N) is 1. The second kappa shape index (κ2) is 6.57. The number of nitrogen functional groups attached to an aromatic ring is 1. The van der Waals surface area contributed by atoms with Crippen LogP contribution in [0.2, 0.25) is 0 Å². The number of amidine groups is 1. The average molecular weight is 273 g/mol. The fraction of sp³-hybridized carbons (Fsp3) is 0.333. The number of rotatable bonds is 6. The van der Waals surface area contributed by atoms with E-state index in [4.69, 9.17) is 11.1 Å². The first kappa shape index (κ1) is 13.9. The summed E-state index contributed by atoms with van der Waals surface area (Å²) in [4.78, 5) is 4.64. The Balaban J connectivity index is 2.28. The molecule has 0 fully saturated rings. The molecule has 1 heterocycles. The summed E-state index contributed by atoms with van der Waals surface area (Å²) in [6, 6.07) is 9.92. The summed E-state index contributed by atoms with van der Waals surface area (Å²) in [6.45, 7) is 2.19. The fourth-order valence-corrected chi connectivity index (χ4v) is 2.95. The molecular weight excluding hydrogens is 254 g/mol. The first-order valence-electron chi connectivity index (χ1n) is 6.59. The van der Waals surface area contributed by atoms with Gasteiger partial charge in [0.05, 0.1) is 5.52 Å². The van der Waals surface area contributed by atoms with Gasteiger partial charge in [-0.05, 0) is 24.3 Å². The summed E-state index contributed by atoms with van der Waals surface area (Å²) in [7, 11) is 0. The van der Waals surface area contributed by atoms with Gasteiger partial charge in [0.1, 0.15) is 10.9 Å². The highest BCUT2D eigenvalue weighted by Gasteiger charge is 2.09. The molecule has 0 saturated carbocycles. The minimum Gasteiger partial charge on any atom is -0.384 e. The number of pyridine rings is 1. The van der Waals surface area contributed by atoms with Crippen LogP contribution in [0.5, 0.6) is 0 Å². The maximum atomic E-state index is 7.69. The molecule has 0 aliphatic carbocycles. The number of hydrogen-bond acceptors (Lipinski definition) is 3. The molecular formula is C15H19N3S. The lowest BCUT2D eigenvalue weighted by atomic mass is 10.1. The van der Waals surface area contributed by atoms with Crippen LogP contribution in [0.15, 0.2) is 35.4 Å². The number of fused-ring (bicyclic) bond motifs is 1. The van der Waals surface area contributed by atoms with Crippen LogP contribution in [0.25, 0.3) is 10.9 Å². The van der Waals surface area contributed by atoms with Gasteiger partial charge in [-0.15, -0.1) is 11.8 Å². The van der Waals surface area contributed by atoms with Crippen LogP contribution >= 0.6 is 11.8 Å². The predicted molar refractivity (Wildman–Crippen MR) is 83.0 cm³/mol. The number of benzene rings is 1. The number of hydrogen-bond donors (Lipinski definition) is 2. The van der Waals surface area contributed by atoms with E-state index in [1.807, 2.05) is 30.3 Å². The Kier molecular flexibility index (Phi) is 4.80. The Morgan fingerprint density at radius 1 is 1.32 bits per heavy atom. The summed E-state index contributed by atoms with van der Waals surface area (Å²) in [5.41, 5.74) is 7.38. The van der Waals surface area contributed by atoms with Crippen molar-refractivity contribution in [3.63, 3.8) is 0 Å². The SMILES string of the molecule is CCCCCSc1nc2ccccc2cc1C(=N)N. The lowest BCUT2D eigenvalue weighted by Gasteiger charge is -2.09. The summed E-state index contributed by atoms with van der Waals surface area (Å²) in [5, 5.41) is 9.60. The molecule has 3 nitrogen and oxygen atoms in total. The minimum atomic E-state index is 0.0937. The van der Waals surface area contributed by atoms with E-state index in [1.54, 1.807) is 11.8 Å². The van der Waals surface area contributed by atoms with Crippen molar-refractivity contribution >= 4 is 28.5 Å². The number of para-hydroxylation sites is 1. The van der Waals surface area contributed by atoms with Gasteiger partial charge < -0.3 is 5.73 Å². The third-order valence-corrected chi connectivity index (χ3v) is 4.04. The van der Waals surface area contributed by atoms with E-state index in [0.29, 0.717) is 0 Å². The summed E-state index contributed by atoms with van der Waals surface area (Å²) in [6.07, 6.45) is 3.62. The van der Waals surface area contributed by atoms with Crippen molar-refractivity contribution < 1.29 is 0 Å². The molecule has 0 atom stereocenters. The molecule has 0 aliphatic heterocycles. The van der Waals surface area contributed by atoms with Gasteiger partial charge in [0.25, 0.3) is 0 Å². The first-order valence-corrected chi connectivity index (χ1v) is 7.58. The smallest absolute Gasteiger partial charge is 0.125 e. The molecule has 1 aromatic heterocycles. The molecule has 3 N–H and O–H groups in total. The average Bonchev–Trinajstić information content (AvgIpc) is 2.42. The monoisotopic (exact) mass is 273 g/mol. The highest BCUT2D eigenvalue weighted by molar-refractivity contribution is 7.99. The summed E-state index contributed by atoms with van der Waals surface area (Å²) < 4.78 is 0. The number of nitrogens with zero attached hydrogens (tertiary/aromatic N) is 1.